The van der Waals surface area contributed by atoms with Gasteiger partial charge in [0.1, 0.15) is 6.04 Å². The zero-order valence-corrected chi connectivity index (χ0v) is 19.7. The van der Waals surface area contributed by atoms with Crippen molar-refractivity contribution >= 4 is 58.4 Å². The molecule has 1 saturated heterocycles. The van der Waals surface area contributed by atoms with Gasteiger partial charge in [0, 0.05) is 28.2 Å². The molecular weight excluding hydrogens is 519 g/mol. The molecule has 8 nitrogen and oxygen atoms in total. The number of imide groups is 1. The summed E-state index contributed by atoms with van der Waals surface area (Å²) in [6, 6.07) is 10.8. The van der Waals surface area contributed by atoms with Crippen LogP contribution in [0.4, 0.5) is 39.8 Å². The molecule has 2 heterocycles. The lowest BCUT2D eigenvalue weighted by molar-refractivity contribution is -0.118. The van der Waals surface area contributed by atoms with Gasteiger partial charge in [0.15, 0.2) is 0 Å². The first kappa shape index (κ1) is 25.3. The van der Waals surface area contributed by atoms with E-state index in [0.29, 0.717) is 22.0 Å². The summed E-state index contributed by atoms with van der Waals surface area (Å²) < 4.78 is 37.7. The third kappa shape index (κ3) is 6.26. The van der Waals surface area contributed by atoms with Crippen LogP contribution in [-0.4, -0.2) is 34.5 Å². The lowest BCUT2D eigenvalue weighted by atomic mass is 10.1. The van der Waals surface area contributed by atoms with E-state index in [1.54, 1.807) is 30.3 Å². The molecule has 4 rings (SSSR count). The maximum absolute atomic E-state index is 13.0. The number of benzene rings is 2. The van der Waals surface area contributed by atoms with E-state index in [9.17, 15) is 27.6 Å². The highest BCUT2D eigenvalue weighted by atomic mass is 35.5. The fourth-order valence-electron chi connectivity index (χ4n) is 3.46. The number of alkyl halides is 3. The van der Waals surface area contributed by atoms with Crippen LogP contribution in [0, 0.1) is 0 Å². The predicted molar refractivity (Wildman–Crippen MR) is 130 cm³/mol. The fraction of sp³-hybridized carbons (Fsp3) is 0.130. The maximum atomic E-state index is 13.0. The molecule has 3 aromatic rings. The Hall–Kier alpha value is -3.77. The molecule has 3 N–H and O–H groups in total. The van der Waals surface area contributed by atoms with Crippen molar-refractivity contribution in [2.45, 2.75) is 22.9 Å². The van der Waals surface area contributed by atoms with Gasteiger partial charge in [-0.25, -0.2) is 14.5 Å². The van der Waals surface area contributed by atoms with Crippen LogP contribution >= 0.6 is 23.4 Å². The second-order valence-electron chi connectivity index (χ2n) is 7.54. The van der Waals surface area contributed by atoms with Gasteiger partial charge in [-0.1, -0.05) is 11.6 Å². The molecule has 1 aliphatic heterocycles. The van der Waals surface area contributed by atoms with Gasteiger partial charge in [-0.3, -0.25) is 9.78 Å². The SMILES string of the molecule is O=C(Nc1ccc(Cl)cc1)Nc1cnccc1CC1NC(=O)N(c2ccc(SC(F)(F)F)cc2)C1=O. The van der Waals surface area contributed by atoms with Crippen LogP contribution in [0.3, 0.4) is 0 Å². The number of rotatable bonds is 6. The Labute approximate surface area is 212 Å². The van der Waals surface area contributed by atoms with Crippen molar-refractivity contribution in [1.29, 1.82) is 0 Å². The normalized spacial score (nSPS) is 15.6. The number of anilines is 3. The lowest BCUT2D eigenvalue weighted by Gasteiger charge is -2.15. The zero-order chi connectivity index (χ0) is 25.9. The smallest absolute Gasteiger partial charge is 0.325 e. The van der Waals surface area contributed by atoms with Gasteiger partial charge in [0.2, 0.25) is 0 Å². The average Bonchev–Trinajstić information content (AvgIpc) is 3.09. The summed E-state index contributed by atoms with van der Waals surface area (Å²) in [6.45, 7) is 0. The number of hydrogen-bond acceptors (Lipinski definition) is 5. The minimum absolute atomic E-state index is 0.0438. The Kier molecular flexibility index (Phi) is 7.36. The van der Waals surface area contributed by atoms with E-state index in [2.05, 4.69) is 20.9 Å². The van der Waals surface area contributed by atoms with Gasteiger partial charge < -0.3 is 16.0 Å². The van der Waals surface area contributed by atoms with Crippen LogP contribution in [0.1, 0.15) is 5.56 Å². The molecule has 1 aliphatic rings. The third-order valence-electron chi connectivity index (χ3n) is 5.03. The van der Waals surface area contributed by atoms with E-state index >= 15 is 0 Å². The summed E-state index contributed by atoms with van der Waals surface area (Å²) in [4.78, 5) is 42.7. The van der Waals surface area contributed by atoms with Crippen LogP contribution in [0.15, 0.2) is 71.9 Å². The third-order valence-corrected chi connectivity index (χ3v) is 6.02. The summed E-state index contributed by atoms with van der Waals surface area (Å²) in [6.07, 6.45) is 2.93. The molecule has 0 saturated carbocycles. The highest BCUT2D eigenvalue weighted by Crippen LogP contribution is 2.37. The van der Waals surface area contributed by atoms with Crippen molar-refractivity contribution in [3.63, 3.8) is 0 Å². The van der Waals surface area contributed by atoms with Gasteiger partial charge in [-0.2, -0.15) is 13.2 Å². The first-order valence-electron chi connectivity index (χ1n) is 10.4. The number of halogens is 4. The monoisotopic (exact) mass is 535 g/mol. The number of carbonyl (C=O) groups excluding carboxylic acids is 3. The number of carbonyl (C=O) groups is 3. The van der Waals surface area contributed by atoms with Crippen molar-refractivity contribution in [1.82, 2.24) is 10.3 Å². The molecule has 5 amide bonds. The molecule has 1 aromatic heterocycles. The molecule has 186 valence electrons. The molecule has 0 radical (unpaired) electrons. The molecule has 0 bridgehead atoms. The van der Waals surface area contributed by atoms with Gasteiger partial charge in [-0.05, 0) is 71.9 Å². The van der Waals surface area contributed by atoms with Gasteiger partial charge in [0.25, 0.3) is 5.91 Å². The Morgan fingerprint density at radius 2 is 1.75 bits per heavy atom. The number of urea groups is 2. The van der Waals surface area contributed by atoms with Crippen molar-refractivity contribution in [3.8, 4) is 0 Å². The Balaban J connectivity index is 1.44. The molecule has 0 aliphatic carbocycles. The molecule has 36 heavy (non-hydrogen) atoms. The average molecular weight is 536 g/mol. The quantitative estimate of drug-likeness (QED) is 0.279. The molecule has 0 spiro atoms. The number of amides is 5. The Morgan fingerprint density at radius 1 is 1.06 bits per heavy atom. The molecule has 2 aromatic carbocycles. The number of aromatic nitrogens is 1. The summed E-state index contributed by atoms with van der Waals surface area (Å²) in [7, 11) is 0. The van der Waals surface area contributed by atoms with Crippen molar-refractivity contribution < 1.29 is 27.6 Å². The van der Waals surface area contributed by atoms with Crippen LogP contribution in [0.5, 0.6) is 0 Å². The van der Waals surface area contributed by atoms with Crippen molar-refractivity contribution in [2.24, 2.45) is 0 Å². The van der Waals surface area contributed by atoms with Gasteiger partial charge in [0.05, 0.1) is 17.6 Å². The number of thioether (sulfide) groups is 1. The predicted octanol–water partition coefficient (Wildman–Crippen LogP) is 5.66. The second-order valence-corrected chi connectivity index (χ2v) is 9.12. The number of nitrogens with zero attached hydrogens (tertiary/aromatic N) is 2. The summed E-state index contributed by atoms with van der Waals surface area (Å²) in [5, 5.41) is 8.40. The topological polar surface area (TPSA) is 103 Å². The van der Waals surface area contributed by atoms with Crippen molar-refractivity contribution in [3.05, 3.63) is 77.6 Å². The second kappa shape index (κ2) is 10.5. The van der Waals surface area contributed by atoms with E-state index in [0.717, 1.165) is 4.90 Å². The maximum Gasteiger partial charge on any atom is 0.446 e. The van der Waals surface area contributed by atoms with E-state index in [1.807, 2.05) is 0 Å². The van der Waals surface area contributed by atoms with E-state index in [-0.39, 0.29) is 28.8 Å². The molecule has 1 fully saturated rings. The molecule has 13 heteroatoms. The van der Waals surface area contributed by atoms with Crippen LogP contribution in [0.2, 0.25) is 5.02 Å². The summed E-state index contributed by atoms with van der Waals surface area (Å²) >= 11 is 5.55. The highest BCUT2D eigenvalue weighted by molar-refractivity contribution is 8.00. The summed E-state index contributed by atoms with van der Waals surface area (Å²) in [5.74, 6) is -0.579. The van der Waals surface area contributed by atoms with Gasteiger partial charge in [-0.15, -0.1) is 0 Å². The zero-order valence-electron chi connectivity index (χ0n) is 18.2. The molecule has 1 unspecified atom stereocenters. The number of hydrogen-bond donors (Lipinski definition) is 3. The van der Waals surface area contributed by atoms with Crippen molar-refractivity contribution in [2.75, 3.05) is 15.5 Å². The van der Waals surface area contributed by atoms with Gasteiger partial charge >= 0.3 is 17.6 Å². The minimum atomic E-state index is -4.45. The lowest BCUT2D eigenvalue weighted by Crippen LogP contribution is -2.32. The highest BCUT2D eigenvalue weighted by Gasteiger charge is 2.39. The fourth-order valence-corrected chi connectivity index (χ4v) is 4.13. The Bertz CT molecular complexity index is 1290. The summed E-state index contributed by atoms with van der Waals surface area (Å²) in [5.41, 5.74) is -2.93. The van der Waals surface area contributed by atoms with Crippen LogP contribution in [-0.2, 0) is 11.2 Å². The first-order chi connectivity index (χ1) is 17.1. The number of pyridine rings is 1. The Morgan fingerprint density at radius 3 is 2.42 bits per heavy atom. The standard InChI is InChI=1S/C23H17ClF3N5O3S/c24-14-1-3-15(4-2-14)29-21(34)30-19-12-28-10-9-13(19)11-18-20(33)32(22(35)31-18)16-5-7-17(8-6-16)36-23(25,26)27/h1-10,12,18H,11H2,(H,31,35)(H2,29,30,34). The van der Waals surface area contributed by atoms with E-state index in [1.165, 1.54) is 36.7 Å². The van der Waals surface area contributed by atoms with E-state index in [4.69, 9.17) is 11.6 Å². The molecular formula is C23H17ClF3N5O3S. The van der Waals surface area contributed by atoms with E-state index < -0.39 is 29.5 Å². The minimum Gasteiger partial charge on any atom is -0.325 e. The van der Waals surface area contributed by atoms with Crippen LogP contribution < -0.4 is 20.9 Å². The van der Waals surface area contributed by atoms with Crippen LogP contribution in [0.25, 0.3) is 0 Å². The molecule has 1 atom stereocenters. The largest absolute Gasteiger partial charge is 0.446 e. The first-order valence-corrected chi connectivity index (χ1v) is 11.6. The number of nitrogens with one attached hydrogen (secondary N) is 3.